The fourth-order valence-corrected chi connectivity index (χ4v) is 2.06. The molecule has 2 rings (SSSR count). The summed E-state index contributed by atoms with van der Waals surface area (Å²) in [5.41, 5.74) is 4.67. The number of hydrogen-bond acceptors (Lipinski definition) is 2. The van der Waals surface area contributed by atoms with Gasteiger partial charge in [0.1, 0.15) is 5.82 Å². The Bertz CT molecular complexity index is 490. The first-order chi connectivity index (χ1) is 8.40. The van der Waals surface area contributed by atoms with Crippen molar-refractivity contribution in [3.63, 3.8) is 0 Å². The number of hydrogen-bond donors (Lipinski definition) is 1. The van der Waals surface area contributed by atoms with Crippen LogP contribution in [-0.2, 0) is 0 Å². The summed E-state index contributed by atoms with van der Waals surface area (Å²) in [6, 6.07) is 1.76. The minimum atomic E-state index is -0.850. The van der Waals surface area contributed by atoms with Gasteiger partial charge in [-0.05, 0) is 30.4 Å². The minimum Gasteiger partial charge on any atom is -0.396 e. The Balaban J connectivity index is 2.17. The van der Waals surface area contributed by atoms with Gasteiger partial charge in [0, 0.05) is 13.6 Å². The molecule has 0 heterocycles. The molecular formula is C13H16F2N2O. The van der Waals surface area contributed by atoms with Crippen molar-refractivity contribution in [1.82, 2.24) is 4.90 Å². The molecule has 0 spiro atoms. The van der Waals surface area contributed by atoms with Gasteiger partial charge in [0.2, 0.25) is 0 Å². The first-order valence-corrected chi connectivity index (χ1v) is 5.90. The summed E-state index contributed by atoms with van der Waals surface area (Å²) < 4.78 is 26.8. The zero-order valence-corrected chi connectivity index (χ0v) is 10.4. The van der Waals surface area contributed by atoms with Crippen LogP contribution in [0.5, 0.6) is 0 Å². The van der Waals surface area contributed by atoms with Crippen molar-refractivity contribution in [3.05, 3.63) is 29.3 Å². The van der Waals surface area contributed by atoms with Gasteiger partial charge in [-0.1, -0.05) is 6.92 Å². The third kappa shape index (κ3) is 2.44. The number of benzene rings is 1. The lowest BCUT2D eigenvalue weighted by atomic mass is 10.1. The molecule has 5 heteroatoms. The summed E-state index contributed by atoms with van der Waals surface area (Å²) in [5.74, 6) is -1.02. The lowest BCUT2D eigenvalue weighted by Gasteiger charge is -2.18. The van der Waals surface area contributed by atoms with Gasteiger partial charge >= 0.3 is 0 Å². The molecule has 1 aromatic rings. The number of nitrogens with zero attached hydrogens (tertiary/aromatic N) is 1. The van der Waals surface area contributed by atoms with Gasteiger partial charge in [-0.3, -0.25) is 4.79 Å². The van der Waals surface area contributed by atoms with Crippen LogP contribution in [0.25, 0.3) is 0 Å². The van der Waals surface area contributed by atoms with Crippen LogP contribution in [0.1, 0.15) is 23.7 Å². The van der Waals surface area contributed by atoms with Gasteiger partial charge in [-0.15, -0.1) is 0 Å². The van der Waals surface area contributed by atoms with E-state index in [0.717, 1.165) is 18.6 Å². The Kier molecular flexibility index (Phi) is 3.24. The number of halogens is 2. The molecule has 1 aromatic carbocycles. The van der Waals surface area contributed by atoms with E-state index in [0.29, 0.717) is 18.4 Å². The standard InChI is InChI=1S/C13H16F2N2O/c1-7-3-8(7)6-17(2)13(18)10-4-9(14)5-11(16)12(10)15/h4-5,7-8H,3,6,16H2,1-2H3. The van der Waals surface area contributed by atoms with Crippen LogP contribution in [-0.4, -0.2) is 24.4 Å². The van der Waals surface area contributed by atoms with E-state index in [1.165, 1.54) is 4.90 Å². The fraction of sp³-hybridized carbons (Fsp3) is 0.462. The molecule has 0 aliphatic heterocycles. The third-order valence-electron chi connectivity index (χ3n) is 3.43. The predicted octanol–water partition coefficient (Wildman–Crippen LogP) is 2.27. The first kappa shape index (κ1) is 12.8. The molecule has 1 aliphatic carbocycles. The molecule has 1 aliphatic rings. The van der Waals surface area contributed by atoms with Crippen molar-refractivity contribution in [2.75, 3.05) is 19.3 Å². The van der Waals surface area contributed by atoms with Crippen molar-refractivity contribution in [2.45, 2.75) is 13.3 Å². The van der Waals surface area contributed by atoms with Crippen molar-refractivity contribution >= 4 is 11.6 Å². The highest BCUT2D eigenvalue weighted by molar-refractivity contribution is 5.95. The van der Waals surface area contributed by atoms with E-state index in [1.54, 1.807) is 7.05 Å². The van der Waals surface area contributed by atoms with E-state index in [9.17, 15) is 13.6 Å². The van der Waals surface area contributed by atoms with E-state index < -0.39 is 17.5 Å². The Morgan fingerprint density at radius 3 is 2.67 bits per heavy atom. The number of amides is 1. The van der Waals surface area contributed by atoms with E-state index in [-0.39, 0.29) is 11.3 Å². The molecule has 1 saturated carbocycles. The third-order valence-corrected chi connectivity index (χ3v) is 3.43. The van der Waals surface area contributed by atoms with E-state index >= 15 is 0 Å². The molecule has 2 unspecified atom stereocenters. The number of nitrogen functional groups attached to an aromatic ring is 1. The predicted molar refractivity (Wildman–Crippen MR) is 65.0 cm³/mol. The average molecular weight is 254 g/mol. The smallest absolute Gasteiger partial charge is 0.256 e. The van der Waals surface area contributed by atoms with E-state index in [4.69, 9.17) is 5.73 Å². The van der Waals surface area contributed by atoms with Gasteiger partial charge in [-0.25, -0.2) is 8.78 Å². The van der Waals surface area contributed by atoms with Crippen molar-refractivity contribution in [1.29, 1.82) is 0 Å². The van der Waals surface area contributed by atoms with Gasteiger partial charge in [0.15, 0.2) is 5.82 Å². The van der Waals surface area contributed by atoms with Crippen LogP contribution >= 0.6 is 0 Å². The molecule has 2 atom stereocenters. The van der Waals surface area contributed by atoms with Crippen LogP contribution in [0, 0.1) is 23.5 Å². The summed E-state index contributed by atoms with van der Waals surface area (Å²) in [4.78, 5) is 13.4. The zero-order chi connectivity index (χ0) is 13.4. The summed E-state index contributed by atoms with van der Waals surface area (Å²) >= 11 is 0. The Hall–Kier alpha value is -1.65. The lowest BCUT2D eigenvalue weighted by molar-refractivity contribution is 0.0782. The molecule has 98 valence electrons. The maximum atomic E-state index is 13.7. The molecule has 0 radical (unpaired) electrons. The van der Waals surface area contributed by atoms with Crippen molar-refractivity contribution in [2.24, 2.45) is 11.8 Å². The van der Waals surface area contributed by atoms with Gasteiger partial charge in [-0.2, -0.15) is 0 Å². The van der Waals surface area contributed by atoms with Gasteiger partial charge in [0.05, 0.1) is 11.3 Å². The Labute approximate surface area is 105 Å². The van der Waals surface area contributed by atoms with Crippen LogP contribution in [0.2, 0.25) is 0 Å². The molecular weight excluding hydrogens is 238 g/mol. The normalized spacial score (nSPS) is 21.8. The molecule has 1 fully saturated rings. The van der Waals surface area contributed by atoms with Crippen LogP contribution in [0.3, 0.4) is 0 Å². The van der Waals surface area contributed by atoms with Gasteiger partial charge in [0.25, 0.3) is 5.91 Å². The summed E-state index contributed by atoms with van der Waals surface area (Å²) in [5, 5.41) is 0. The van der Waals surface area contributed by atoms with Crippen LogP contribution in [0.15, 0.2) is 12.1 Å². The number of anilines is 1. The largest absolute Gasteiger partial charge is 0.396 e. The molecule has 2 N–H and O–H groups in total. The first-order valence-electron chi connectivity index (χ1n) is 5.90. The maximum absolute atomic E-state index is 13.7. The quantitative estimate of drug-likeness (QED) is 0.841. The second kappa shape index (κ2) is 4.55. The molecule has 1 amide bonds. The highest BCUT2D eigenvalue weighted by Gasteiger charge is 2.34. The Morgan fingerprint density at radius 1 is 1.50 bits per heavy atom. The SMILES string of the molecule is CC1CC1CN(C)C(=O)c1cc(F)cc(N)c1F. The summed E-state index contributed by atoms with van der Waals surface area (Å²) in [6.45, 7) is 2.67. The highest BCUT2D eigenvalue weighted by atomic mass is 19.1. The van der Waals surface area contributed by atoms with E-state index in [1.807, 2.05) is 0 Å². The zero-order valence-electron chi connectivity index (χ0n) is 10.4. The highest BCUT2D eigenvalue weighted by Crippen LogP contribution is 2.38. The fourth-order valence-electron chi connectivity index (χ4n) is 2.06. The lowest BCUT2D eigenvalue weighted by Crippen LogP contribution is -2.30. The molecule has 3 nitrogen and oxygen atoms in total. The molecule has 0 aromatic heterocycles. The van der Waals surface area contributed by atoms with Crippen LogP contribution < -0.4 is 5.73 Å². The molecule has 0 saturated heterocycles. The number of carbonyl (C=O) groups excluding carboxylic acids is 1. The average Bonchev–Trinajstić information content (AvgIpc) is 2.98. The Morgan fingerprint density at radius 2 is 2.11 bits per heavy atom. The second-order valence-electron chi connectivity index (χ2n) is 5.02. The van der Waals surface area contributed by atoms with Gasteiger partial charge < -0.3 is 10.6 Å². The van der Waals surface area contributed by atoms with Crippen molar-refractivity contribution < 1.29 is 13.6 Å². The maximum Gasteiger partial charge on any atom is 0.256 e. The summed E-state index contributed by atoms with van der Waals surface area (Å²) in [7, 11) is 1.59. The molecule has 18 heavy (non-hydrogen) atoms. The topological polar surface area (TPSA) is 46.3 Å². The number of rotatable bonds is 3. The second-order valence-corrected chi connectivity index (χ2v) is 5.02. The number of carbonyl (C=O) groups is 1. The molecule has 0 bridgehead atoms. The van der Waals surface area contributed by atoms with Crippen molar-refractivity contribution in [3.8, 4) is 0 Å². The number of nitrogens with two attached hydrogens (primary N) is 1. The van der Waals surface area contributed by atoms with Crippen LogP contribution in [0.4, 0.5) is 14.5 Å². The monoisotopic (exact) mass is 254 g/mol. The minimum absolute atomic E-state index is 0.302. The summed E-state index contributed by atoms with van der Waals surface area (Å²) in [6.07, 6.45) is 1.07. The van der Waals surface area contributed by atoms with E-state index in [2.05, 4.69) is 6.92 Å².